The van der Waals surface area contributed by atoms with Crippen molar-refractivity contribution in [1.82, 2.24) is 4.98 Å². The van der Waals surface area contributed by atoms with Gasteiger partial charge in [0.1, 0.15) is 11.4 Å². The van der Waals surface area contributed by atoms with Gasteiger partial charge in [0, 0.05) is 29.5 Å². The highest BCUT2D eigenvalue weighted by atomic mass is 16.6. The first-order chi connectivity index (χ1) is 9.96. The van der Waals surface area contributed by atoms with Crippen molar-refractivity contribution in [1.29, 1.82) is 0 Å². The maximum absolute atomic E-state index is 11.0. The zero-order valence-electron chi connectivity index (χ0n) is 11.7. The van der Waals surface area contributed by atoms with Crippen molar-refractivity contribution in [3.8, 4) is 5.75 Å². The van der Waals surface area contributed by atoms with E-state index in [0.29, 0.717) is 11.3 Å². The molecule has 1 aromatic carbocycles. The molecule has 0 aliphatic carbocycles. The van der Waals surface area contributed by atoms with Crippen LogP contribution in [0.4, 0.5) is 5.69 Å². The van der Waals surface area contributed by atoms with Crippen molar-refractivity contribution in [3.63, 3.8) is 0 Å². The third-order valence-corrected chi connectivity index (χ3v) is 3.27. The Morgan fingerprint density at radius 3 is 2.71 bits per heavy atom. The van der Waals surface area contributed by atoms with Gasteiger partial charge in [0.15, 0.2) is 0 Å². The van der Waals surface area contributed by atoms with Gasteiger partial charge in [0.05, 0.1) is 10.6 Å². The zero-order chi connectivity index (χ0) is 15.0. The van der Waals surface area contributed by atoms with Crippen molar-refractivity contribution >= 4 is 11.3 Å². The maximum Gasteiger partial charge on any atom is 0.270 e. The average Bonchev–Trinajstić information content (AvgIpc) is 2.46. The molecule has 1 aliphatic heterocycles. The Balaban J connectivity index is 2.21. The first-order valence-corrected chi connectivity index (χ1v) is 6.58. The van der Waals surface area contributed by atoms with Crippen LogP contribution in [0.15, 0.2) is 48.7 Å². The van der Waals surface area contributed by atoms with Gasteiger partial charge in [0.25, 0.3) is 5.69 Å². The summed E-state index contributed by atoms with van der Waals surface area (Å²) in [5, 5.41) is 11.0. The number of fused-ring (bicyclic) bond motifs is 1. The smallest absolute Gasteiger partial charge is 0.270 e. The Labute approximate surface area is 122 Å². The van der Waals surface area contributed by atoms with E-state index in [1.54, 1.807) is 12.3 Å². The Kier molecular flexibility index (Phi) is 2.97. The first kappa shape index (κ1) is 13.3. The monoisotopic (exact) mass is 282 g/mol. The van der Waals surface area contributed by atoms with Crippen LogP contribution in [0, 0.1) is 10.1 Å². The van der Waals surface area contributed by atoms with Crippen LogP contribution < -0.4 is 4.74 Å². The number of non-ortho nitro benzene ring substituents is 1. The van der Waals surface area contributed by atoms with Gasteiger partial charge in [-0.25, -0.2) is 0 Å². The number of pyridine rings is 1. The second-order valence-corrected chi connectivity index (χ2v) is 5.42. The molecule has 2 heterocycles. The van der Waals surface area contributed by atoms with Gasteiger partial charge in [-0.2, -0.15) is 0 Å². The topological polar surface area (TPSA) is 65.3 Å². The number of benzene rings is 1. The molecule has 0 amide bonds. The molecule has 0 bridgehead atoms. The van der Waals surface area contributed by atoms with Crippen LogP contribution in [0.5, 0.6) is 5.75 Å². The van der Waals surface area contributed by atoms with E-state index in [9.17, 15) is 10.1 Å². The van der Waals surface area contributed by atoms with Crippen molar-refractivity contribution in [3.05, 3.63) is 70.0 Å². The van der Waals surface area contributed by atoms with Gasteiger partial charge in [-0.3, -0.25) is 15.1 Å². The molecule has 0 atom stereocenters. The molecule has 0 radical (unpaired) electrons. The molecule has 21 heavy (non-hydrogen) atoms. The Morgan fingerprint density at radius 1 is 1.24 bits per heavy atom. The van der Waals surface area contributed by atoms with E-state index in [-0.39, 0.29) is 5.69 Å². The fraction of sp³-hybridized carbons (Fsp3) is 0.188. The predicted molar refractivity (Wildman–Crippen MR) is 79.1 cm³/mol. The number of hydrogen-bond donors (Lipinski definition) is 0. The fourth-order valence-electron chi connectivity index (χ4n) is 2.40. The SMILES string of the molecule is CC1(C)C=C(c2ccccn2)c2cc([N+](=O)[O-])ccc2O1. The second kappa shape index (κ2) is 4.70. The molecule has 1 aromatic heterocycles. The highest BCUT2D eigenvalue weighted by molar-refractivity contribution is 5.84. The van der Waals surface area contributed by atoms with Gasteiger partial charge in [0.2, 0.25) is 0 Å². The van der Waals surface area contributed by atoms with Crippen molar-refractivity contribution in [2.75, 3.05) is 0 Å². The van der Waals surface area contributed by atoms with Gasteiger partial charge in [-0.15, -0.1) is 0 Å². The van der Waals surface area contributed by atoms with E-state index in [2.05, 4.69) is 4.98 Å². The lowest BCUT2D eigenvalue weighted by Gasteiger charge is -2.30. The summed E-state index contributed by atoms with van der Waals surface area (Å²) in [7, 11) is 0. The lowest BCUT2D eigenvalue weighted by molar-refractivity contribution is -0.384. The zero-order valence-corrected chi connectivity index (χ0v) is 11.7. The molecule has 0 spiro atoms. The molecule has 5 nitrogen and oxygen atoms in total. The second-order valence-electron chi connectivity index (χ2n) is 5.42. The molecule has 0 unspecified atom stereocenters. The molecule has 0 fully saturated rings. The predicted octanol–water partition coefficient (Wildman–Crippen LogP) is 3.59. The number of hydrogen-bond acceptors (Lipinski definition) is 4. The van der Waals surface area contributed by atoms with E-state index < -0.39 is 10.5 Å². The minimum Gasteiger partial charge on any atom is -0.483 e. The average molecular weight is 282 g/mol. The summed E-state index contributed by atoms with van der Waals surface area (Å²) < 4.78 is 5.88. The van der Waals surface area contributed by atoms with E-state index in [0.717, 1.165) is 11.3 Å². The summed E-state index contributed by atoms with van der Waals surface area (Å²) in [6.45, 7) is 3.89. The molecule has 0 N–H and O–H groups in total. The number of rotatable bonds is 2. The standard InChI is InChI=1S/C16H14N2O3/c1-16(2)10-13(14-5-3-4-8-17-14)12-9-11(18(19)20)6-7-15(12)21-16/h3-10H,1-2H3. The van der Waals surface area contributed by atoms with Crippen LogP contribution in [0.3, 0.4) is 0 Å². The summed E-state index contributed by atoms with van der Waals surface area (Å²) in [5.74, 6) is 0.633. The molecule has 5 heteroatoms. The number of ether oxygens (including phenoxy) is 1. The largest absolute Gasteiger partial charge is 0.483 e. The van der Waals surface area contributed by atoms with E-state index in [1.807, 2.05) is 38.1 Å². The number of aromatic nitrogens is 1. The van der Waals surface area contributed by atoms with E-state index in [1.165, 1.54) is 12.1 Å². The first-order valence-electron chi connectivity index (χ1n) is 6.58. The van der Waals surface area contributed by atoms with Crippen LogP contribution in [0.25, 0.3) is 5.57 Å². The molecule has 1 aliphatic rings. The van der Waals surface area contributed by atoms with E-state index >= 15 is 0 Å². The lowest BCUT2D eigenvalue weighted by Crippen LogP contribution is -2.29. The highest BCUT2D eigenvalue weighted by Gasteiger charge is 2.29. The van der Waals surface area contributed by atoms with Crippen molar-refractivity contribution < 1.29 is 9.66 Å². The van der Waals surface area contributed by atoms with Gasteiger partial charge >= 0.3 is 0 Å². The number of nitrogens with zero attached hydrogens (tertiary/aromatic N) is 2. The third kappa shape index (κ3) is 2.50. The Hall–Kier alpha value is -2.69. The van der Waals surface area contributed by atoms with Gasteiger partial charge in [-0.05, 0) is 38.1 Å². The van der Waals surface area contributed by atoms with Crippen LogP contribution in [-0.2, 0) is 0 Å². The molecule has 0 saturated heterocycles. The molecule has 0 saturated carbocycles. The molecule has 106 valence electrons. The lowest BCUT2D eigenvalue weighted by atomic mass is 9.92. The molecule has 3 rings (SSSR count). The summed E-state index contributed by atoms with van der Waals surface area (Å²) in [4.78, 5) is 14.9. The van der Waals surface area contributed by atoms with Crippen LogP contribution >= 0.6 is 0 Å². The number of nitro benzene ring substituents is 1. The number of nitro groups is 1. The maximum atomic E-state index is 11.0. The van der Waals surface area contributed by atoms with Crippen LogP contribution in [0.2, 0.25) is 0 Å². The summed E-state index contributed by atoms with van der Waals surface area (Å²) >= 11 is 0. The van der Waals surface area contributed by atoms with Gasteiger partial charge < -0.3 is 4.74 Å². The Morgan fingerprint density at radius 2 is 2.05 bits per heavy atom. The quantitative estimate of drug-likeness (QED) is 0.623. The molecular formula is C16H14N2O3. The minimum absolute atomic E-state index is 0.0406. The fourth-order valence-corrected chi connectivity index (χ4v) is 2.40. The summed E-state index contributed by atoms with van der Waals surface area (Å²) in [5.41, 5.74) is 1.87. The summed E-state index contributed by atoms with van der Waals surface area (Å²) in [6, 6.07) is 10.2. The minimum atomic E-state index is -0.490. The van der Waals surface area contributed by atoms with Crippen molar-refractivity contribution in [2.24, 2.45) is 0 Å². The van der Waals surface area contributed by atoms with Crippen molar-refractivity contribution in [2.45, 2.75) is 19.4 Å². The van der Waals surface area contributed by atoms with E-state index in [4.69, 9.17) is 4.74 Å². The normalized spacial score (nSPS) is 15.6. The highest BCUT2D eigenvalue weighted by Crippen LogP contribution is 2.40. The molecule has 2 aromatic rings. The van der Waals surface area contributed by atoms with Crippen LogP contribution in [-0.4, -0.2) is 15.5 Å². The third-order valence-electron chi connectivity index (χ3n) is 3.27. The Bertz CT molecular complexity index is 736. The molecular weight excluding hydrogens is 268 g/mol. The van der Waals surface area contributed by atoms with Crippen LogP contribution in [0.1, 0.15) is 25.1 Å². The summed E-state index contributed by atoms with van der Waals surface area (Å²) in [6.07, 6.45) is 3.65. The van der Waals surface area contributed by atoms with Gasteiger partial charge in [-0.1, -0.05) is 6.07 Å².